The van der Waals surface area contributed by atoms with E-state index in [1.807, 2.05) is 47.8 Å². The number of ketones is 1. The second kappa shape index (κ2) is 6.85. The molecule has 0 spiro atoms. The average molecular weight is 364 g/mol. The predicted molar refractivity (Wildman–Crippen MR) is 102 cm³/mol. The van der Waals surface area contributed by atoms with Crippen LogP contribution >= 0.6 is 0 Å². The van der Waals surface area contributed by atoms with Gasteiger partial charge in [0.05, 0.1) is 29.8 Å². The van der Waals surface area contributed by atoms with Crippen LogP contribution in [0.25, 0.3) is 11.0 Å². The van der Waals surface area contributed by atoms with E-state index >= 15 is 0 Å². The number of para-hydroxylation sites is 2. The van der Waals surface area contributed by atoms with E-state index in [-0.39, 0.29) is 24.8 Å². The quantitative estimate of drug-likeness (QED) is 0.703. The number of carbonyl (C=O) groups is 2. The molecule has 1 aromatic heterocycles. The minimum Gasteiger partial charge on any atom is -0.482 e. The Bertz CT molecular complexity index is 1040. The van der Waals surface area contributed by atoms with Crippen molar-refractivity contribution in [3.05, 3.63) is 53.9 Å². The van der Waals surface area contributed by atoms with Gasteiger partial charge in [0.25, 0.3) is 5.91 Å². The molecule has 1 N–H and O–H groups in total. The second-order valence-electron chi connectivity index (χ2n) is 6.81. The number of ether oxygens (including phenoxy) is 1. The normalized spacial score (nSPS) is 13.4. The molecule has 7 heteroatoms. The van der Waals surface area contributed by atoms with Crippen LogP contribution < -0.4 is 10.1 Å². The van der Waals surface area contributed by atoms with E-state index in [0.717, 1.165) is 16.9 Å². The summed E-state index contributed by atoms with van der Waals surface area (Å²) in [5.41, 5.74) is 2.85. The van der Waals surface area contributed by atoms with E-state index in [4.69, 9.17) is 4.74 Å². The van der Waals surface area contributed by atoms with Gasteiger partial charge in [0.1, 0.15) is 11.6 Å². The van der Waals surface area contributed by atoms with Crippen molar-refractivity contribution in [3.8, 4) is 5.75 Å². The summed E-state index contributed by atoms with van der Waals surface area (Å²) in [6.45, 7) is 0.808. The second-order valence-corrected chi connectivity index (χ2v) is 6.81. The van der Waals surface area contributed by atoms with Crippen molar-refractivity contribution in [2.45, 2.75) is 13.1 Å². The summed E-state index contributed by atoms with van der Waals surface area (Å²) < 4.78 is 7.30. The fraction of sp³-hybridized carbons (Fsp3) is 0.250. The molecule has 0 atom stereocenters. The summed E-state index contributed by atoms with van der Waals surface area (Å²) in [5, 5.41) is 2.74. The van der Waals surface area contributed by atoms with Crippen LogP contribution in [0, 0.1) is 0 Å². The molecule has 1 amide bonds. The van der Waals surface area contributed by atoms with Gasteiger partial charge in [-0.1, -0.05) is 12.1 Å². The summed E-state index contributed by atoms with van der Waals surface area (Å²) in [6, 6.07) is 12.9. The van der Waals surface area contributed by atoms with E-state index < -0.39 is 0 Å². The first-order valence-corrected chi connectivity index (χ1v) is 8.70. The lowest BCUT2D eigenvalue weighted by Crippen LogP contribution is -2.25. The van der Waals surface area contributed by atoms with Gasteiger partial charge in [0.2, 0.25) is 0 Å². The molecule has 0 fully saturated rings. The Hall–Kier alpha value is -3.19. The van der Waals surface area contributed by atoms with Gasteiger partial charge in [-0.3, -0.25) is 9.59 Å². The molecular weight excluding hydrogens is 344 g/mol. The molecule has 0 unspecified atom stereocenters. The average Bonchev–Trinajstić information content (AvgIpc) is 2.97. The maximum Gasteiger partial charge on any atom is 0.262 e. The van der Waals surface area contributed by atoms with Crippen molar-refractivity contribution >= 4 is 28.4 Å². The summed E-state index contributed by atoms with van der Waals surface area (Å²) in [4.78, 5) is 31.2. The maximum atomic E-state index is 12.9. The highest BCUT2D eigenvalue weighted by atomic mass is 16.5. The molecule has 0 bridgehead atoms. The molecule has 4 rings (SSSR count). The van der Waals surface area contributed by atoms with Crippen molar-refractivity contribution in [3.63, 3.8) is 0 Å². The van der Waals surface area contributed by atoms with Gasteiger partial charge in [-0.15, -0.1) is 0 Å². The standard InChI is InChI=1S/C20H20N4O3/c1-23(2)11-19-21-14-5-3-4-6-16(14)24(19)10-17(25)13-7-8-18-15(9-13)22-20(26)12-27-18/h3-9H,10-12H2,1-2H3,(H,22,26). The molecule has 2 heterocycles. The van der Waals surface area contributed by atoms with Crippen LogP contribution in [-0.4, -0.2) is 46.8 Å². The van der Waals surface area contributed by atoms with E-state index in [2.05, 4.69) is 10.3 Å². The number of nitrogens with one attached hydrogen (secondary N) is 1. The summed E-state index contributed by atoms with van der Waals surface area (Å²) in [7, 11) is 3.94. The van der Waals surface area contributed by atoms with Crippen LogP contribution in [0.4, 0.5) is 5.69 Å². The van der Waals surface area contributed by atoms with Gasteiger partial charge in [0.15, 0.2) is 12.4 Å². The molecule has 0 radical (unpaired) electrons. The molecule has 27 heavy (non-hydrogen) atoms. The minimum absolute atomic E-state index is 0.00475. The molecule has 0 saturated heterocycles. The number of rotatable bonds is 5. The molecule has 2 aromatic carbocycles. The van der Waals surface area contributed by atoms with Crippen LogP contribution in [0.1, 0.15) is 16.2 Å². The number of fused-ring (bicyclic) bond motifs is 2. The Morgan fingerprint density at radius 3 is 2.89 bits per heavy atom. The van der Waals surface area contributed by atoms with Gasteiger partial charge in [-0.25, -0.2) is 4.98 Å². The molecule has 1 aliphatic rings. The maximum absolute atomic E-state index is 12.9. The van der Waals surface area contributed by atoms with Crippen molar-refractivity contribution in [2.75, 3.05) is 26.0 Å². The molecule has 0 aliphatic carbocycles. The number of anilines is 1. The molecule has 0 saturated carbocycles. The highest BCUT2D eigenvalue weighted by Gasteiger charge is 2.19. The Morgan fingerprint density at radius 2 is 2.07 bits per heavy atom. The smallest absolute Gasteiger partial charge is 0.262 e. The molecule has 138 valence electrons. The zero-order valence-corrected chi connectivity index (χ0v) is 15.2. The number of amides is 1. The van der Waals surface area contributed by atoms with Crippen molar-refractivity contribution in [1.29, 1.82) is 0 Å². The Balaban J connectivity index is 1.67. The molecule has 1 aliphatic heterocycles. The van der Waals surface area contributed by atoms with E-state index in [0.29, 0.717) is 23.5 Å². The monoisotopic (exact) mass is 364 g/mol. The zero-order chi connectivity index (χ0) is 19.0. The van der Waals surface area contributed by atoms with Gasteiger partial charge < -0.3 is 19.5 Å². The number of nitrogens with zero attached hydrogens (tertiary/aromatic N) is 3. The summed E-state index contributed by atoms with van der Waals surface area (Å²) >= 11 is 0. The Morgan fingerprint density at radius 1 is 1.26 bits per heavy atom. The minimum atomic E-state index is -0.221. The lowest BCUT2D eigenvalue weighted by molar-refractivity contribution is -0.118. The molecule has 7 nitrogen and oxygen atoms in total. The van der Waals surface area contributed by atoms with E-state index in [1.54, 1.807) is 18.2 Å². The SMILES string of the molecule is CN(C)Cc1nc2ccccc2n1CC(=O)c1ccc2c(c1)NC(=O)CO2. The van der Waals surface area contributed by atoms with Crippen molar-refractivity contribution in [1.82, 2.24) is 14.5 Å². The van der Waals surface area contributed by atoms with Crippen LogP contribution in [-0.2, 0) is 17.9 Å². The fourth-order valence-corrected chi connectivity index (χ4v) is 3.20. The third-order valence-corrected chi connectivity index (χ3v) is 4.43. The Labute approximate surface area is 156 Å². The molecule has 3 aromatic rings. The lowest BCUT2D eigenvalue weighted by atomic mass is 10.1. The van der Waals surface area contributed by atoms with Crippen LogP contribution in [0.3, 0.4) is 0 Å². The third-order valence-electron chi connectivity index (χ3n) is 4.43. The highest BCUT2D eigenvalue weighted by molar-refractivity contribution is 6.01. The third kappa shape index (κ3) is 3.41. The number of Topliss-reactive ketones (excluding diaryl/α,β-unsaturated/α-hetero) is 1. The van der Waals surface area contributed by atoms with Crippen molar-refractivity contribution < 1.29 is 14.3 Å². The summed E-state index contributed by atoms with van der Waals surface area (Å²) in [6.07, 6.45) is 0. The van der Waals surface area contributed by atoms with E-state index in [9.17, 15) is 9.59 Å². The van der Waals surface area contributed by atoms with Crippen molar-refractivity contribution in [2.24, 2.45) is 0 Å². The number of hydrogen-bond donors (Lipinski definition) is 1. The highest BCUT2D eigenvalue weighted by Crippen LogP contribution is 2.29. The zero-order valence-electron chi connectivity index (χ0n) is 15.2. The number of aromatic nitrogens is 2. The first kappa shape index (κ1) is 17.2. The first-order valence-electron chi connectivity index (χ1n) is 8.70. The van der Waals surface area contributed by atoms with Crippen LogP contribution in [0.5, 0.6) is 5.75 Å². The Kier molecular flexibility index (Phi) is 4.37. The number of imidazole rings is 1. The van der Waals surface area contributed by atoms with Crippen LogP contribution in [0.15, 0.2) is 42.5 Å². The number of carbonyl (C=O) groups excluding carboxylic acids is 2. The number of benzene rings is 2. The van der Waals surface area contributed by atoms with Gasteiger partial charge >= 0.3 is 0 Å². The fourth-order valence-electron chi connectivity index (χ4n) is 3.20. The van der Waals surface area contributed by atoms with E-state index in [1.165, 1.54) is 0 Å². The van der Waals surface area contributed by atoms with Gasteiger partial charge in [0, 0.05) is 5.56 Å². The largest absolute Gasteiger partial charge is 0.482 e. The number of hydrogen-bond acceptors (Lipinski definition) is 5. The van der Waals surface area contributed by atoms with Gasteiger partial charge in [-0.05, 0) is 44.4 Å². The topological polar surface area (TPSA) is 76.5 Å². The molecular formula is C20H20N4O3. The first-order chi connectivity index (χ1) is 13.0. The van der Waals surface area contributed by atoms with Crippen LogP contribution in [0.2, 0.25) is 0 Å². The lowest BCUT2D eigenvalue weighted by Gasteiger charge is -2.18. The summed E-state index contributed by atoms with van der Waals surface area (Å²) in [5.74, 6) is 1.14. The van der Waals surface area contributed by atoms with Gasteiger partial charge in [-0.2, -0.15) is 0 Å². The predicted octanol–water partition coefficient (Wildman–Crippen LogP) is 2.31.